The fourth-order valence-electron chi connectivity index (χ4n) is 4.39. The summed E-state index contributed by atoms with van der Waals surface area (Å²) in [6.45, 7) is 4.26. The Labute approximate surface area is 175 Å². The van der Waals surface area contributed by atoms with Gasteiger partial charge in [-0.05, 0) is 30.3 Å². The number of hydrogen-bond acceptors (Lipinski definition) is 4. The predicted octanol–water partition coefficient (Wildman–Crippen LogP) is 2.68. The maximum absolute atomic E-state index is 12.6. The van der Waals surface area contributed by atoms with Crippen LogP contribution in [0.25, 0.3) is 27.7 Å². The number of anilines is 1. The Morgan fingerprint density at radius 2 is 1.87 bits per heavy atom. The van der Waals surface area contributed by atoms with Gasteiger partial charge >= 0.3 is 0 Å². The normalized spacial score (nSPS) is 16.8. The minimum Gasteiger partial charge on any atom is -0.355 e. The van der Waals surface area contributed by atoms with Crippen LogP contribution in [-0.2, 0) is 0 Å². The Hall–Kier alpha value is -3.19. The van der Waals surface area contributed by atoms with E-state index in [2.05, 4.69) is 36.4 Å². The molecule has 1 aliphatic heterocycles. The van der Waals surface area contributed by atoms with Crippen LogP contribution in [0.2, 0.25) is 0 Å². The van der Waals surface area contributed by atoms with Gasteiger partial charge in [-0.25, -0.2) is 9.97 Å². The van der Waals surface area contributed by atoms with Crippen molar-refractivity contribution in [2.45, 2.75) is 6.42 Å². The van der Waals surface area contributed by atoms with E-state index in [1.54, 1.807) is 7.05 Å². The van der Waals surface area contributed by atoms with E-state index in [0.29, 0.717) is 11.2 Å². The van der Waals surface area contributed by atoms with Crippen molar-refractivity contribution < 1.29 is 9.28 Å². The van der Waals surface area contributed by atoms with Crippen molar-refractivity contribution in [1.82, 2.24) is 19.7 Å². The van der Waals surface area contributed by atoms with Crippen LogP contribution in [0.1, 0.15) is 16.8 Å². The number of carbonyl (C=O) groups is 1. The van der Waals surface area contributed by atoms with Crippen LogP contribution in [0, 0.1) is 0 Å². The van der Waals surface area contributed by atoms with Gasteiger partial charge < -0.3 is 14.7 Å². The number of carbonyl (C=O) groups excluding carboxylic acids is 1. The molecule has 0 spiro atoms. The summed E-state index contributed by atoms with van der Waals surface area (Å²) >= 11 is 0. The van der Waals surface area contributed by atoms with Crippen LogP contribution < -0.4 is 10.2 Å². The standard InChI is InChI=1S/C23H26N6O/c1-24-23(30)17-15-16-9-10-20(27-11-6-13-29(2,3)14-12-27)26-21(16)28-19-8-5-4-7-18(19)25-22(17)28/h4-5,7-10,15H,6,11-14H2,1-3H3/p+1. The average molecular weight is 404 g/mol. The van der Waals surface area contributed by atoms with Gasteiger partial charge in [0.1, 0.15) is 11.5 Å². The molecule has 4 aromatic rings. The Balaban J connectivity index is 1.73. The summed E-state index contributed by atoms with van der Waals surface area (Å²) in [5.74, 6) is 0.838. The van der Waals surface area contributed by atoms with Crippen LogP contribution in [0.4, 0.5) is 5.82 Å². The van der Waals surface area contributed by atoms with Gasteiger partial charge in [-0.15, -0.1) is 0 Å². The molecule has 1 aromatic carbocycles. The number of fused-ring (bicyclic) bond motifs is 5. The van der Waals surface area contributed by atoms with E-state index in [9.17, 15) is 4.79 Å². The van der Waals surface area contributed by atoms with Crippen molar-refractivity contribution in [3.63, 3.8) is 0 Å². The number of imidazole rings is 1. The molecule has 1 amide bonds. The number of nitrogens with one attached hydrogen (secondary N) is 1. The smallest absolute Gasteiger partial charge is 0.254 e. The maximum Gasteiger partial charge on any atom is 0.254 e. The predicted molar refractivity (Wildman–Crippen MR) is 120 cm³/mol. The Kier molecular flexibility index (Phi) is 4.36. The molecule has 30 heavy (non-hydrogen) atoms. The lowest BCUT2D eigenvalue weighted by atomic mass is 10.2. The van der Waals surface area contributed by atoms with E-state index in [1.165, 1.54) is 6.54 Å². The summed E-state index contributed by atoms with van der Waals surface area (Å²) in [6.07, 6.45) is 1.14. The summed E-state index contributed by atoms with van der Waals surface area (Å²) in [5, 5.41) is 3.67. The quantitative estimate of drug-likeness (QED) is 0.523. The summed E-state index contributed by atoms with van der Waals surface area (Å²) in [6, 6.07) is 14.0. The minimum atomic E-state index is -0.145. The first-order valence-electron chi connectivity index (χ1n) is 10.5. The van der Waals surface area contributed by atoms with Crippen molar-refractivity contribution in [3.8, 4) is 0 Å². The molecule has 7 heteroatoms. The molecule has 4 heterocycles. The molecule has 0 aliphatic carbocycles. The number of hydrogen-bond donors (Lipinski definition) is 1. The van der Waals surface area contributed by atoms with E-state index in [-0.39, 0.29) is 5.91 Å². The molecule has 7 nitrogen and oxygen atoms in total. The number of likely N-dealkylation sites (N-methyl/N-ethyl adjacent to an activating group) is 1. The van der Waals surface area contributed by atoms with Crippen LogP contribution >= 0.6 is 0 Å². The molecule has 1 fully saturated rings. The molecule has 3 aromatic heterocycles. The number of aromatic nitrogens is 3. The second-order valence-corrected chi connectivity index (χ2v) is 8.70. The Morgan fingerprint density at radius 3 is 2.70 bits per heavy atom. The van der Waals surface area contributed by atoms with E-state index < -0.39 is 0 Å². The van der Waals surface area contributed by atoms with E-state index in [1.807, 2.05) is 34.7 Å². The third-order valence-electron chi connectivity index (χ3n) is 6.17. The zero-order chi connectivity index (χ0) is 20.9. The highest BCUT2D eigenvalue weighted by atomic mass is 16.1. The van der Waals surface area contributed by atoms with Gasteiger partial charge in [0.25, 0.3) is 5.91 Å². The summed E-state index contributed by atoms with van der Waals surface area (Å²) in [4.78, 5) is 24.8. The van der Waals surface area contributed by atoms with E-state index in [4.69, 9.17) is 9.97 Å². The number of para-hydroxylation sites is 2. The maximum atomic E-state index is 12.6. The van der Waals surface area contributed by atoms with Gasteiger partial charge in [-0.1, -0.05) is 12.1 Å². The topological polar surface area (TPSA) is 62.5 Å². The first-order valence-corrected chi connectivity index (χ1v) is 10.5. The lowest BCUT2D eigenvalue weighted by Crippen LogP contribution is -2.42. The number of nitrogens with zero attached hydrogens (tertiary/aromatic N) is 5. The molecule has 0 radical (unpaired) electrons. The van der Waals surface area contributed by atoms with Gasteiger partial charge in [0.2, 0.25) is 0 Å². The van der Waals surface area contributed by atoms with Crippen molar-refractivity contribution in [2.24, 2.45) is 0 Å². The Bertz CT molecular complexity index is 1280. The molecule has 1 aliphatic rings. The lowest BCUT2D eigenvalue weighted by molar-refractivity contribution is -0.887. The van der Waals surface area contributed by atoms with Crippen LogP contribution in [0.5, 0.6) is 0 Å². The van der Waals surface area contributed by atoms with Crippen LogP contribution in [0.3, 0.4) is 0 Å². The molecular weight excluding hydrogens is 376 g/mol. The first kappa shape index (κ1) is 18.8. The van der Waals surface area contributed by atoms with E-state index >= 15 is 0 Å². The van der Waals surface area contributed by atoms with Crippen LogP contribution in [0.15, 0.2) is 42.5 Å². The molecule has 154 valence electrons. The molecular formula is C23H27N6O+. The summed E-state index contributed by atoms with van der Waals surface area (Å²) in [5.41, 5.74) is 3.85. The molecule has 5 rings (SSSR count). The minimum absolute atomic E-state index is 0.145. The Morgan fingerprint density at radius 1 is 1.03 bits per heavy atom. The molecule has 1 saturated heterocycles. The molecule has 0 unspecified atom stereocenters. The zero-order valence-corrected chi connectivity index (χ0v) is 17.7. The highest BCUT2D eigenvalue weighted by Crippen LogP contribution is 2.27. The molecule has 0 saturated carbocycles. The number of quaternary nitrogens is 1. The second-order valence-electron chi connectivity index (χ2n) is 8.70. The number of amides is 1. The summed E-state index contributed by atoms with van der Waals surface area (Å²) < 4.78 is 3.06. The SMILES string of the molecule is CNC(=O)c1cc2ccc(N3CCC[N+](C)(C)CC3)nc2n2c1nc1ccccc12. The van der Waals surface area contributed by atoms with Crippen molar-refractivity contribution in [3.05, 3.63) is 48.0 Å². The molecule has 0 atom stereocenters. The lowest BCUT2D eigenvalue weighted by Gasteiger charge is -2.28. The number of rotatable bonds is 2. The van der Waals surface area contributed by atoms with E-state index in [0.717, 1.165) is 58.4 Å². The second kappa shape index (κ2) is 6.95. The molecule has 0 bridgehead atoms. The zero-order valence-electron chi connectivity index (χ0n) is 17.7. The third-order valence-corrected chi connectivity index (χ3v) is 6.17. The molecule has 1 N–H and O–H groups in total. The monoisotopic (exact) mass is 403 g/mol. The van der Waals surface area contributed by atoms with Crippen molar-refractivity contribution >= 4 is 39.4 Å². The fraction of sp³-hybridized carbons (Fsp3) is 0.348. The van der Waals surface area contributed by atoms with Gasteiger partial charge in [0.05, 0.1) is 50.3 Å². The fourth-order valence-corrected chi connectivity index (χ4v) is 4.39. The average Bonchev–Trinajstić information content (AvgIpc) is 3.04. The van der Waals surface area contributed by atoms with Crippen molar-refractivity contribution in [1.29, 1.82) is 0 Å². The largest absolute Gasteiger partial charge is 0.355 e. The van der Waals surface area contributed by atoms with Gasteiger partial charge in [0.15, 0.2) is 5.65 Å². The highest BCUT2D eigenvalue weighted by molar-refractivity contribution is 6.05. The summed E-state index contributed by atoms with van der Waals surface area (Å²) in [7, 11) is 6.23. The van der Waals surface area contributed by atoms with Gasteiger partial charge in [-0.3, -0.25) is 9.20 Å². The van der Waals surface area contributed by atoms with Gasteiger partial charge in [-0.2, -0.15) is 0 Å². The third kappa shape index (κ3) is 3.06. The van der Waals surface area contributed by atoms with Crippen molar-refractivity contribution in [2.75, 3.05) is 52.2 Å². The number of benzene rings is 1. The number of pyridine rings is 2. The first-order chi connectivity index (χ1) is 14.5. The van der Waals surface area contributed by atoms with Gasteiger partial charge in [0, 0.05) is 25.4 Å². The van der Waals surface area contributed by atoms with Crippen LogP contribution in [-0.4, -0.2) is 72.1 Å². The highest BCUT2D eigenvalue weighted by Gasteiger charge is 2.23.